The maximum Gasteiger partial charge on any atom is 0.147 e. The van der Waals surface area contributed by atoms with Crippen LogP contribution in [-0.2, 0) is 0 Å². The topological polar surface area (TPSA) is 37.0 Å². The Bertz CT molecular complexity index is 444. The lowest BCUT2D eigenvalue weighted by Crippen LogP contribution is -2.40. The van der Waals surface area contributed by atoms with Gasteiger partial charge in [0, 0.05) is 17.8 Å². The van der Waals surface area contributed by atoms with E-state index in [1.165, 1.54) is 19.3 Å². The standard InChI is InChI=1S/C13H19Cl2N3S/c1-3-16-11-9(14)7-10(15)12(18-11)17-8-13(19-2)5-4-6-13/h7H,3-6,8H2,1-2H3,(H2,16,17,18). The number of nitrogens with one attached hydrogen (secondary N) is 2. The zero-order valence-corrected chi connectivity index (χ0v) is 13.6. The van der Waals surface area contributed by atoms with Crippen molar-refractivity contribution in [2.24, 2.45) is 0 Å². The lowest BCUT2D eigenvalue weighted by atomic mass is 9.84. The molecule has 106 valence electrons. The van der Waals surface area contributed by atoms with E-state index in [2.05, 4.69) is 21.9 Å². The van der Waals surface area contributed by atoms with Gasteiger partial charge >= 0.3 is 0 Å². The molecule has 1 aliphatic carbocycles. The molecule has 2 N–H and O–H groups in total. The summed E-state index contributed by atoms with van der Waals surface area (Å²) in [4.78, 5) is 4.46. The molecule has 0 aromatic carbocycles. The molecule has 1 aromatic heterocycles. The Morgan fingerprint density at radius 1 is 1.26 bits per heavy atom. The van der Waals surface area contributed by atoms with Gasteiger partial charge in [-0.2, -0.15) is 11.8 Å². The predicted molar refractivity (Wildman–Crippen MR) is 87.0 cm³/mol. The second kappa shape index (κ2) is 6.42. The van der Waals surface area contributed by atoms with Gasteiger partial charge in [0.15, 0.2) is 0 Å². The summed E-state index contributed by atoms with van der Waals surface area (Å²) in [6.07, 6.45) is 5.99. The number of aromatic nitrogens is 1. The maximum absolute atomic E-state index is 6.19. The maximum atomic E-state index is 6.19. The van der Waals surface area contributed by atoms with E-state index in [0.29, 0.717) is 26.4 Å². The molecule has 1 fully saturated rings. The third kappa shape index (κ3) is 3.41. The summed E-state index contributed by atoms with van der Waals surface area (Å²) in [6.45, 7) is 3.69. The van der Waals surface area contributed by atoms with Crippen LogP contribution in [0.2, 0.25) is 10.0 Å². The highest BCUT2D eigenvalue weighted by molar-refractivity contribution is 8.00. The van der Waals surface area contributed by atoms with Crippen molar-refractivity contribution in [2.75, 3.05) is 30.0 Å². The average molecular weight is 320 g/mol. The highest BCUT2D eigenvalue weighted by Gasteiger charge is 2.36. The number of hydrogen-bond donors (Lipinski definition) is 2. The summed E-state index contributed by atoms with van der Waals surface area (Å²) >= 11 is 14.2. The van der Waals surface area contributed by atoms with Gasteiger partial charge in [0.1, 0.15) is 11.6 Å². The molecule has 1 aromatic rings. The summed E-state index contributed by atoms with van der Waals surface area (Å²) in [7, 11) is 0. The Labute approximate surface area is 128 Å². The van der Waals surface area contributed by atoms with Crippen LogP contribution in [0.3, 0.4) is 0 Å². The first-order chi connectivity index (χ1) is 9.10. The second-order valence-corrected chi connectivity index (χ2v) is 6.86. The van der Waals surface area contributed by atoms with E-state index < -0.39 is 0 Å². The van der Waals surface area contributed by atoms with Crippen LogP contribution in [0.25, 0.3) is 0 Å². The molecule has 1 aliphatic rings. The monoisotopic (exact) mass is 319 g/mol. The van der Waals surface area contributed by atoms with Crippen molar-refractivity contribution in [3.63, 3.8) is 0 Å². The van der Waals surface area contributed by atoms with Gasteiger partial charge in [-0.3, -0.25) is 0 Å². The number of halogens is 2. The lowest BCUT2D eigenvalue weighted by molar-refractivity contribution is 0.379. The first-order valence-corrected chi connectivity index (χ1v) is 8.47. The van der Waals surface area contributed by atoms with E-state index in [9.17, 15) is 0 Å². The molecule has 1 saturated carbocycles. The summed E-state index contributed by atoms with van der Waals surface area (Å²) in [5.74, 6) is 1.39. The molecule has 0 amide bonds. The van der Waals surface area contributed by atoms with E-state index in [0.717, 1.165) is 13.1 Å². The Kier molecular flexibility index (Phi) is 5.09. The van der Waals surface area contributed by atoms with Crippen molar-refractivity contribution in [3.8, 4) is 0 Å². The number of rotatable bonds is 6. The number of hydrogen-bond acceptors (Lipinski definition) is 4. The highest BCUT2D eigenvalue weighted by atomic mass is 35.5. The minimum absolute atomic E-state index is 0.350. The predicted octanol–water partition coefficient (Wildman–Crippen LogP) is 4.52. The van der Waals surface area contributed by atoms with Crippen molar-refractivity contribution < 1.29 is 0 Å². The fourth-order valence-electron chi connectivity index (χ4n) is 2.15. The van der Waals surface area contributed by atoms with Crippen molar-refractivity contribution in [1.82, 2.24) is 4.98 Å². The normalized spacial score (nSPS) is 16.8. The van der Waals surface area contributed by atoms with Crippen LogP contribution in [0.15, 0.2) is 6.07 Å². The van der Waals surface area contributed by atoms with E-state index in [4.69, 9.17) is 23.2 Å². The average Bonchev–Trinajstić information content (AvgIpc) is 2.33. The first kappa shape index (κ1) is 15.1. The third-order valence-electron chi connectivity index (χ3n) is 3.55. The highest BCUT2D eigenvalue weighted by Crippen LogP contribution is 2.43. The van der Waals surface area contributed by atoms with Gasteiger partial charge in [-0.1, -0.05) is 29.6 Å². The van der Waals surface area contributed by atoms with Gasteiger partial charge in [-0.05, 0) is 32.1 Å². The van der Waals surface area contributed by atoms with Crippen LogP contribution in [0.1, 0.15) is 26.2 Å². The van der Waals surface area contributed by atoms with Gasteiger partial charge in [0.05, 0.1) is 10.0 Å². The Morgan fingerprint density at radius 2 is 1.89 bits per heavy atom. The molecule has 1 heterocycles. The first-order valence-electron chi connectivity index (χ1n) is 6.49. The largest absolute Gasteiger partial charge is 0.369 e. The van der Waals surface area contributed by atoms with E-state index in [1.807, 2.05) is 18.7 Å². The molecule has 0 aliphatic heterocycles. The molecule has 0 radical (unpaired) electrons. The minimum atomic E-state index is 0.350. The van der Waals surface area contributed by atoms with E-state index in [1.54, 1.807) is 6.07 Å². The van der Waals surface area contributed by atoms with Crippen LogP contribution < -0.4 is 10.6 Å². The summed E-state index contributed by atoms with van der Waals surface area (Å²) in [5, 5.41) is 7.63. The molecule has 0 bridgehead atoms. The van der Waals surface area contributed by atoms with E-state index in [-0.39, 0.29) is 0 Å². The SMILES string of the molecule is CCNc1nc(NCC2(SC)CCC2)c(Cl)cc1Cl. The van der Waals surface area contributed by atoms with Crippen LogP contribution in [-0.4, -0.2) is 29.1 Å². The van der Waals surface area contributed by atoms with E-state index >= 15 is 0 Å². The molecule has 0 atom stereocenters. The van der Waals surface area contributed by atoms with Crippen molar-refractivity contribution in [2.45, 2.75) is 30.9 Å². The Hall–Kier alpha value is -0.320. The van der Waals surface area contributed by atoms with Gasteiger partial charge in [-0.25, -0.2) is 4.98 Å². The fraction of sp³-hybridized carbons (Fsp3) is 0.615. The van der Waals surface area contributed by atoms with Crippen molar-refractivity contribution >= 4 is 46.6 Å². The van der Waals surface area contributed by atoms with Gasteiger partial charge < -0.3 is 10.6 Å². The smallest absolute Gasteiger partial charge is 0.147 e. The second-order valence-electron chi connectivity index (χ2n) is 4.77. The summed E-state index contributed by atoms with van der Waals surface area (Å²) < 4.78 is 0.350. The van der Waals surface area contributed by atoms with Crippen LogP contribution in [0.4, 0.5) is 11.6 Å². The Balaban J connectivity index is 2.08. The zero-order chi connectivity index (χ0) is 13.9. The minimum Gasteiger partial charge on any atom is -0.369 e. The molecule has 3 nitrogen and oxygen atoms in total. The van der Waals surface area contributed by atoms with Crippen LogP contribution in [0.5, 0.6) is 0 Å². The number of anilines is 2. The van der Waals surface area contributed by atoms with Gasteiger partial charge in [-0.15, -0.1) is 0 Å². The van der Waals surface area contributed by atoms with Crippen LogP contribution >= 0.6 is 35.0 Å². The Morgan fingerprint density at radius 3 is 2.37 bits per heavy atom. The number of thioether (sulfide) groups is 1. The molecular weight excluding hydrogens is 301 g/mol. The molecule has 6 heteroatoms. The molecule has 0 unspecified atom stereocenters. The number of pyridine rings is 1. The number of nitrogens with zero attached hydrogens (tertiary/aromatic N) is 1. The van der Waals surface area contributed by atoms with Crippen LogP contribution in [0, 0.1) is 0 Å². The lowest BCUT2D eigenvalue weighted by Gasteiger charge is -2.40. The molecule has 0 saturated heterocycles. The third-order valence-corrected chi connectivity index (χ3v) is 5.54. The van der Waals surface area contributed by atoms with Gasteiger partial charge in [0.25, 0.3) is 0 Å². The quantitative estimate of drug-likeness (QED) is 0.808. The molecular formula is C13H19Cl2N3S. The van der Waals surface area contributed by atoms with Crippen molar-refractivity contribution in [1.29, 1.82) is 0 Å². The molecule has 19 heavy (non-hydrogen) atoms. The summed E-state index contributed by atoms with van der Waals surface area (Å²) in [5.41, 5.74) is 0. The molecule has 0 spiro atoms. The molecule has 2 rings (SSSR count). The van der Waals surface area contributed by atoms with Gasteiger partial charge in [0.2, 0.25) is 0 Å². The fourth-order valence-corrected chi connectivity index (χ4v) is 3.56. The van der Waals surface area contributed by atoms with Crippen molar-refractivity contribution in [3.05, 3.63) is 16.1 Å². The summed E-state index contributed by atoms with van der Waals surface area (Å²) in [6, 6.07) is 1.74. The zero-order valence-electron chi connectivity index (χ0n) is 11.2.